The van der Waals surface area contributed by atoms with Gasteiger partial charge < -0.3 is 10.2 Å². The van der Waals surface area contributed by atoms with Gasteiger partial charge in [0.2, 0.25) is 5.91 Å². The Balaban J connectivity index is 1.78. The molecular formula is C17H25N3O. The van der Waals surface area contributed by atoms with E-state index in [9.17, 15) is 4.79 Å². The minimum absolute atomic E-state index is 0.174. The van der Waals surface area contributed by atoms with Crippen molar-refractivity contribution in [3.63, 3.8) is 0 Å². The molecule has 1 fully saturated rings. The highest BCUT2D eigenvalue weighted by atomic mass is 16.2. The summed E-state index contributed by atoms with van der Waals surface area (Å²) in [6.07, 6.45) is 6.94. The van der Waals surface area contributed by atoms with Crippen LogP contribution in [0, 0.1) is 5.41 Å². The Morgan fingerprint density at radius 3 is 3.19 bits per heavy atom. The van der Waals surface area contributed by atoms with E-state index in [0.717, 1.165) is 64.0 Å². The fourth-order valence-electron chi connectivity index (χ4n) is 3.82. The van der Waals surface area contributed by atoms with Crippen LogP contribution in [0.1, 0.15) is 43.9 Å². The molecular weight excluding hydrogens is 262 g/mol. The summed E-state index contributed by atoms with van der Waals surface area (Å²) < 4.78 is 0. The van der Waals surface area contributed by atoms with Gasteiger partial charge in [-0.25, -0.2) is 0 Å². The standard InChI is InChI=1S/C17H25N3O/c1-2-7-17(8-4-9-18-13-17)16(21)20-11-6-15-14(12-20)5-3-10-19-15/h3,5,10,18H,2,4,6-9,11-13H2,1H3. The minimum Gasteiger partial charge on any atom is -0.337 e. The van der Waals surface area contributed by atoms with Crippen molar-refractivity contribution in [1.29, 1.82) is 0 Å². The highest BCUT2D eigenvalue weighted by molar-refractivity contribution is 5.83. The third-order valence-electron chi connectivity index (χ3n) is 4.91. The van der Waals surface area contributed by atoms with Gasteiger partial charge in [-0.2, -0.15) is 0 Å². The van der Waals surface area contributed by atoms with Crippen LogP contribution < -0.4 is 5.32 Å². The molecule has 3 rings (SSSR count). The lowest BCUT2D eigenvalue weighted by Crippen LogP contribution is -2.52. The van der Waals surface area contributed by atoms with Gasteiger partial charge in [0.25, 0.3) is 0 Å². The van der Waals surface area contributed by atoms with Crippen LogP contribution in [0.4, 0.5) is 0 Å². The van der Waals surface area contributed by atoms with Crippen molar-refractivity contribution in [3.05, 3.63) is 29.6 Å². The lowest BCUT2D eigenvalue weighted by Gasteiger charge is -2.41. The third-order valence-corrected chi connectivity index (χ3v) is 4.91. The molecule has 1 amide bonds. The molecule has 0 aromatic carbocycles. The molecule has 1 N–H and O–H groups in total. The summed E-state index contributed by atoms with van der Waals surface area (Å²) in [4.78, 5) is 19.6. The molecule has 0 spiro atoms. The monoisotopic (exact) mass is 287 g/mol. The number of hydrogen-bond acceptors (Lipinski definition) is 3. The van der Waals surface area contributed by atoms with Crippen molar-refractivity contribution in [1.82, 2.24) is 15.2 Å². The van der Waals surface area contributed by atoms with E-state index in [1.165, 1.54) is 5.56 Å². The molecule has 3 heterocycles. The molecule has 1 atom stereocenters. The van der Waals surface area contributed by atoms with E-state index in [-0.39, 0.29) is 5.41 Å². The second kappa shape index (κ2) is 6.14. The summed E-state index contributed by atoms with van der Waals surface area (Å²) in [6, 6.07) is 4.07. The largest absolute Gasteiger partial charge is 0.337 e. The van der Waals surface area contributed by atoms with Crippen LogP contribution in [-0.2, 0) is 17.8 Å². The summed E-state index contributed by atoms with van der Waals surface area (Å²) in [5.74, 6) is 0.353. The first kappa shape index (κ1) is 14.5. The van der Waals surface area contributed by atoms with Crippen LogP contribution >= 0.6 is 0 Å². The predicted octanol–water partition coefficient (Wildman–Crippen LogP) is 2.14. The number of nitrogens with one attached hydrogen (secondary N) is 1. The Morgan fingerprint density at radius 1 is 1.52 bits per heavy atom. The average Bonchev–Trinajstić information content (AvgIpc) is 2.55. The van der Waals surface area contributed by atoms with Crippen molar-refractivity contribution >= 4 is 5.91 Å². The van der Waals surface area contributed by atoms with Crippen molar-refractivity contribution in [2.75, 3.05) is 19.6 Å². The Bertz CT molecular complexity index is 503. The first-order valence-corrected chi connectivity index (χ1v) is 8.18. The maximum atomic E-state index is 13.1. The van der Waals surface area contributed by atoms with Gasteiger partial charge in [0, 0.05) is 37.9 Å². The summed E-state index contributed by atoms with van der Waals surface area (Å²) in [6.45, 7) is 5.61. The van der Waals surface area contributed by atoms with Crippen LogP contribution in [0.3, 0.4) is 0 Å². The van der Waals surface area contributed by atoms with Crippen LogP contribution in [0.15, 0.2) is 18.3 Å². The van der Waals surface area contributed by atoms with Gasteiger partial charge in [-0.3, -0.25) is 9.78 Å². The molecule has 0 aliphatic carbocycles. The number of rotatable bonds is 3. The summed E-state index contributed by atoms with van der Waals surface area (Å²) >= 11 is 0. The molecule has 0 radical (unpaired) electrons. The molecule has 4 heteroatoms. The minimum atomic E-state index is -0.174. The van der Waals surface area contributed by atoms with Crippen LogP contribution in [0.25, 0.3) is 0 Å². The lowest BCUT2D eigenvalue weighted by atomic mass is 9.75. The topological polar surface area (TPSA) is 45.2 Å². The zero-order valence-electron chi connectivity index (χ0n) is 12.9. The molecule has 0 bridgehead atoms. The van der Waals surface area contributed by atoms with E-state index in [2.05, 4.69) is 28.2 Å². The molecule has 114 valence electrons. The van der Waals surface area contributed by atoms with E-state index in [0.29, 0.717) is 5.91 Å². The molecule has 4 nitrogen and oxygen atoms in total. The predicted molar refractivity (Wildman–Crippen MR) is 82.8 cm³/mol. The summed E-state index contributed by atoms with van der Waals surface area (Å²) in [5, 5.41) is 3.44. The van der Waals surface area contributed by atoms with Gasteiger partial charge in [-0.05, 0) is 37.4 Å². The van der Waals surface area contributed by atoms with E-state index in [1.807, 2.05) is 12.3 Å². The Kier molecular flexibility index (Phi) is 4.24. The van der Waals surface area contributed by atoms with Gasteiger partial charge in [0.05, 0.1) is 5.41 Å². The summed E-state index contributed by atoms with van der Waals surface area (Å²) in [5.41, 5.74) is 2.20. The number of aromatic nitrogens is 1. The van der Waals surface area contributed by atoms with Crippen LogP contribution in [0.5, 0.6) is 0 Å². The molecule has 2 aliphatic rings. The second-order valence-corrected chi connectivity index (χ2v) is 6.40. The van der Waals surface area contributed by atoms with Crippen molar-refractivity contribution < 1.29 is 4.79 Å². The van der Waals surface area contributed by atoms with Gasteiger partial charge in [0.15, 0.2) is 0 Å². The Morgan fingerprint density at radius 2 is 2.43 bits per heavy atom. The highest BCUT2D eigenvalue weighted by Gasteiger charge is 2.41. The fraction of sp³-hybridized carbons (Fsp3) is 0.647. The fourth-order valence-corrected chi connectivity index (χ4v) is 3.82. The molecule has 1 aromatic heterocycles. The SMILES string of the molecule is CCCC1(C(=O)N2CCc3ncccc3C2)CCCNC1. The normalized spacial score (nSPS) is 25.5. The maximum Gasteiger partial charge on any atom is 0.230 e. The zero-order valence-corrected chi connectivity index (χ0v) is 12.9. The van der Waals surface area contributed by atoms with E-state index in [1.54, 1.807) is 0 Å². The molecule has 1 saturated heterocycles. The maximum absolute atomic E-state index is 13.1. The van der Waals surface area contributed by atoms with E-state index >= 15 is 0 Å². The molecule has 1 unspecified atom stereocenters. The molecule has 1 aromatic rings. The number of nitrogens with zero attached hydrogens (tertiary/aromatic N) is 2. The number of piperidine rings is 1. The zero-order chi connectivity index (χ0) is 14.7. The van der Waals surface area contributed by atoms with Gasteiger partial charge in [-0.1, -0.05) is 19.4 Å². The number of carbonyl (C=O) groups is 1. The molecule has 0 saturated carbocycles. The van der Waals surface area contributed by atoms with Crippen LogP contribution in [-0.4, -0.2) is 35.4 Å². The smallest absolute Gasteiger partial charge is 0.230 e. The molecule has 2 aliphatic heterocycles. The van der Waals surface area contributed by atoms with Crippen molar-refractivity contribution in [3.8, 4) is 0 Å². The lowest BCUT2D eigenvalue weighted by molar-refractivity contribution is -0.145. The van der Waals surface area contributed by atoms with Crippen molar-refractivity contribution in [2.24, 2.45) is 5.41 Å². The first-order valence-electron chi connectivity index (χ1n) is 8.18. The number of hydrogen-bond donors (Lipinski definition) is 1. The van der Waals surface area contributed by atoms with E-state index < -0.39 is 0 Å². The average molecular weight is 287 g/mol. The summed E-state index contributed by atoms with van der Waals surface area (Å²) in [7, 11) is 0. The molecule has 21 heavy (non-hydrogen) atoms. The van der Waals surface area contributed by atoms with Crippen LogP contribution in [0.2, 0.25) is 0 Å². The van der Waals surface area contributed by atoms with Gasteiger partial charge >= 0.3 is 0 Å². The second-order valence-electron chi connectivity index (χ2n) is 6.40. The number of pyridine rings is 1. The van der Waals surface area contributed by atoms with Crippen molar-refractivity contribution in [2.45, 2.75) is 45.6 Å². The van der Waals surface area contributed by atoms with Gasteiger partial charge in [-0.15, -0.1) is 0 Å². The first-order chi connectivity index (χ1) is 10.2. The Hall–Kier alpha value is -1.42. The number of carbonyl (C=O) groups excluding carboxylic acids is 1. The number of fused-ring (bicyclic) bond motifs is 1. The highest BCUT2D eigenvalue weighted by Crippen LogP contribution is 2.35. The number of amides is 1. The van der Waals surface area contributed by atoms with E-state index in [4.69, 9.17) is 0 Å². The quantitative estimate of drug-likeness (QED) is 0.926. The third kappa shape index (κ3) is 2.82. The van der Waals surface area contributed by atoms with Gasteiger partial charge in [0.1, 0.15) is 0 Å². The Labute approximate surface area is 126 Å².